The molecular weight excluding hydrogens is 327 g/mol. The summed E-state index contributed by atoms with van der Waals surface area (Å²) in [6.07, 6.45) is 0. The Morgan fingerprint density at radius 3 is 2.68 bits per heavy atom. The zero-order valence-electron chi connectivity index (χ0n) is 13.8. The van der Waals surface area contributed by atoms with Crippen molar-refractivity contribution in [1.29, 1.82) is 0 Å². The Bertz CT molecular complexity index is 779. The van der Waals surface area contributed by atoms with Crippen LogP contribution in [0.3, 0.4) is 0 Å². The Kier molecular flexibility index (Phi) is 4.94. The van der Waals surface area contributed by atoms with Gasteiger partial charge in [-0.1, -0.05) is 0 Å². The topological polar surface area (TPSA) is 95.4 Å². The molecule has 0 saturated carbocycles. The number of aromatic nitrogens is 1. The molecule has 1 fully saturated rings. The van der Waals surface area contributed by atoms with Crippen LogP contribution in [0.5, 0.6) is 0 Å². The normalized spacial score (nSPS) is 14.2. The van der Waals surface area contributed by atoms with Crippen LogP contribution in [0.15, 0.2) is 30.3 Å². The molecule has 3 rings (SSSR count). The van der Waals surface area contributed by atoms with Gasteiger partial charge in [-0.05, 0) is 24.3 Å². The molecule has 0 unspecified atom stereocenters. The molecule has 1 aliphatic rings. The van der Waals surface area contributed by atoms with Crippen LogP contribution in [0.4, 0.5) is 33.1 Å². The second-order valence-electron chi connectivity index (χ2n) is 5.60. The van der Waals surface area contributed by atoms with Crippen LogP contribution >= 0.6 is 0 Å². The lowest BCUT2D eigenvalue weighted by Crippen LogP contribution is -2.43. The molecule has 0 bridgehead atoms. The molecule has 8 nitrogen and oxygen atoms in total. The molecule has 0 spiro atoms. The molecule has 132 valence electrons. The number of nitro groups is 1. The Labute approximate surface area is 144 Å². The van der Waals surface area contributed by atoms with Gasteiger partial charge in [0.25, 0.3) is 0 Å². The van der Waals surface area contributed by atoms with Crippen LogP contribution in [0.2, 0.25) is 0 Å². The average molecular weight is 346 g/mol. The van der Waals surface area contributed by atoms with Crippen LogP contribution < -0.4 is 20.9 Å². The number of anilines is 4. The molecule has 9 heteroatoms. The maximum Gasteiger partial charge on any atom is 0.311 e. The average Bonchev–Trinajstić information content (AvgIpc) is 2.62. The first-order valence-electron chi connectivity index (χ1n) is 7.94. The van der Waals surface area contributed by atoms with Crippen molar-refractivity contribution in [3.63, 3.8) is 0 Å². The van der Waals surface area contributed by atoms with Gasteiger partial charge in [0.2, 0.25) is 5.82 Å². The summed E-state index contributed by atoms with van der Waals surface area (Å²) in [5.74, 6) is 0.163. The minimum atomic E-state index is -0.528. The molecule has 2 aromatic rings. The Balaban J connectivity index is 1.86. The molecule has 3 N–H and O–H groups in total. The number of benzene rings is 1. The summed E-state index contributed by atoms with van der Waals surface area (Å²) in [5.41, 5.74) is 0.754. The fourth-order valence-corrected chi connectivity index (χ4v) is 2.71. The zero-order valence-corrected chi connectivity index (χ0v) is 13.8. The van der Waals surface area contributed by atoms with Crippen molar-refractivity contribution < 1.29 is 9.31 Å². The third kappa shape index (κ3) is 3.77. The number of halogens is 1. The van der Waals surface area contributed by atoms with Gasteiger partial charge < -0.3 is 20.9 Å². The van der Waals surface area contributed by atoms with Crippen molar-refractivity contribution in [3.8, 4) is 0 Å². The van der Waals surface area contributed by atoms with E-state index in [-0.39, 0.29) is 17.3 Å². The highest BCUT2D eigenvalue weighted by atomic mass is 19.1. The fraction of sp³-hybridized carbons (Fsp3) is 0.312. The number of nitrogens with zero attached hydrogens (tertiary/aromatic N) is 3. The number of nitrogens with one attached hydrogen (secondary N) is 3. The van der Waals surface area contributed by atoms with Gasteiger partial charge in [-0.25, -0.2) is 9.37 Å². The predicted octanol–water partition coefficient (Wildman–Crippen LogP) is 2.32. The molecule has 1 aliphatic heterocycles. The second-order valence-corrected chi connectivity index (χ2v) is 5.60. The molecular formula is C16H19FN6O2. The summed E-state index contributed by atoms with van der Waals surface area (Å²) in [4.78, 5) is 16.7. The first-order valence-corrected chi connectivity index (χ1v) is 7.94. The van der Waals surface area contributed by atoms with Gasteiger partial charge in [0.15, 0.2) is 0 Å². The van der Waals surface area contributed by atoms with E-state index in [1.54, 1.807) is 19.2 Å². The molecule has 1 aromatic carbocycles. The van der Waals surface area contributed by atoms with E-state index in [0.29, 0.717) is 17.2 Å². The Morgan fingerprint density at radius 1 is 1.28 bits per heavy atom. The summed E-state index contributed by atoms with van der Waals surface area (Å²) in [6, 6.07) is 7.56. The van der Waals surface area contributed by atoms with Crippen molar-refractivity contribution in [2.45, 2.75) is 0 Å². The molecule has 1 saturated heterocycles. The molecule has 0 amide bonds. The third-order valence-electron chi connectivity index (χ3n) is 3.99. The van der Waals surface area contributed by atoms with Gasteiger partial charge in [0.1, 0.15) is 11.6 Å². The van der Waals surface area contributed by atoms with E-state index < -0.39 is 4.92 Å². The quantitative estimate of drug-likeness (QED) is 0.565. The first-order chi connectivity index (χ1) is 12.1. The predicted molar refractivity (Wildman–Crippen MR) is 95.2 cm³/mol. The summed E-state index contributed by atoms with van der Waals surface area (Å²) < 4.78 is 14.5. The SMILES string of the molecule is CNc1ccc([N+](=O)[O-])c(Nc2ccc(N3CCNCC3)c(F)c2)n1. The van der Waals surface area contributed by atoms with Gasteiger partial charge >= 0.3 is 5.69 Å². The van der Waals surface area contributed by atoms with Gasteiger partial charge in [0.05, 0.1) is 10.6 Å². The summed E-state index contributed by atoms with van der Waals surface area (Å²) >= 11 is 0. The van der Waals surface area contributed by atoms with E-state index in [1.807, 2.05) is 4.90 Å². The van der Waals surface area contributed by atoms with Crippen molar-refractivity contribution in [1.82, 2.24) is 10.3 Å². The van der Waals surface area contributed by atoms with E-state index in [1.165, 1.54) is 18.2 Å². The smallest absolute Gasteiger partial charge is 0.311 e. The molecule has 1 aromatic heterocycles. The van der Waals surface area contributed by atoms with Crippen LogP contribution in [0, 0.1) is 15.9 Å². The van der Waals surface area contributed by atoms with Crippen molar-refractivity contribution in [2.75, 3.05) is 48.8 Å². The maximum atomic E-state index is 14.5. The molecule has 25 heavy (non-hydrogen) atoms. The van der Waals surface area contributed by atoms with Crippen LogP contribution in [0.1, 0.15) is 0 Å². The lowest BCUT2D eigenvalue weighted by atomic mass is 10.2. The standard InChI is InChI=1S/C16H19FN6O2/c1-18-15-5-4-14(23(24)25)16(21-15)20-11-2-3-13(12(17)10-11)22-8-6-19-7-9-22/h2-5,10,19H,6-9H2,1H3,(H2,18,20,21). The summed E-state index contributed by atoms with van der Waals surface area (Å²) in [5, 5.41) is 20.0. The number of pyridine rings is 1. The summed E-state index contributed by atoms with van der Waals surface area (Å²) in [6.45, 7) is 3.10. The van der Waals surface area contributed by atoms with Gasteiger partial charge in [-0.3, -0.25) is 10.1 Å². The largest absolute Gasteiger partial charge is 0.373 e. The Morgan fingerprint density at radius 2 is 2.04 bits per heavy atom. The minimum Gasteiger partial charge on any atom is -0.373 e. The van der Waals surface area contributed by atoms with Crippen molar-refractivity contribution in [2.24, 2.45) is 0 Å². The first kappa shape index (κ1) is 16.9. The van der Waals surface area contributed by atoms with Crippen LogP contribution in [-0.2, 0) is 0 Å². The highest BCUT2D eigenvalue weighted by Gasteiger charge is 2.18. The highest BCUT2D eigenvalue weighted by molar-refractivity contribution is 5.69. The molecule has 2 heterocycles. The summed E-state index contributed by atoms with van der Waals surface area (Å²) in [7, 11) is 1.67. The van der Waals surface area contributed by atoms with Crippen LogP contribution in [0.25, 0.3) is 0 Å². The number of hydrogen-bond acceptors (Lipinski definition) is 7. The number of hydrogen-bond donors (Lipinski definition) is 3. The van der Waals surface area contributed by atoms with E-state index in [0.717, 1.165) is 26.2 Å². The fourth-order valence-electron chi connectivity index (χ4n) is 2.71. The van der Waals surface area contributed by atoms with Crippen molar-refractivity contribution >= 4 is 28.7 Å². The lowest BCUT2D eigenvalue weighted by Gasteiger charge is -2.29. The second kappa shape index (κ2) is 7.31. The molecule has 0 radical (unpaired) electrons. The molecule has 0 atom stereocenters. The zero-order chi connectivity index (χ0) is 17.8. The monoisotopic (exact) mass is 346 g/mol. The third-order valence-corrected chi connectivity index (χ3v) is 3.99. The van der Waals surface area contributed by atoms with E-state index in [2.05, 4.69) is 20.9 Å². The van der Waals surface area contributed by atoms with E-state index in [9.17, 15) is 14.5 Å². The highest BCUT2D eigenvalue weighted by Crippen LogP contribution is 2.29. The molecule has 0 aliphatic carbocycles. The van der Waals surface area contributed by atoms with E-state index >= 15 is 0 Å². The number of rotatable bonds is 5. The van der Waals surface area contributed by atoms with Gasteiger partial charge in [0, 0.05) is 45.0 Å². The maximum absolute atomic E-state index is 14.5. The van der Waals surface area contributed by atoms with Crippen molar-refractivity contribution in [3.05, 3.63) is 46.3 Å². The number of piperazine rings is 1. The minimum absolute atomic E-state index is 0.0613. The lowest BCUT2D eigenvalue weighted by molar-refractivity contribution is -0.384. The van der Waals surface area contributed by atoms with Gasteiger partial charge in [-0.15, -0.1) is 0 Å². The Hall–Kier alpha value is -2.94. The van der Waals surface area contributed by atoms with Crippen LogP contribution in [-0.4, -0.2) is 43.1 Å². The van der Waals surface area contributed by atoms with E-state index in [4.69, 9.17) is 0 Å². The van der Waals surface area contributed by atoms with Gasteiger partial charge in [-0.2, -0.15) is 0 Å².